The van der Waals surface area contributed by atoms with E-state index in [1.54, 1.807) is 42.5 Å². The van der Waals surface area contributed by atoms with Gasteiger partial charge in [0.2, 0.25) is 0 Å². The average Bonchev–Trinajstić information content (AvgIpc) is 3.10. The van der Waals surface area contributed by atoms with Crippen molar-refractivity contribution in [2.24, 2.45) is 5.92 Å². The number of nitrogens with zero attached hydrogens (tertiary/aromatic N) is 3. The monoisotopic (exact) mass is 658 g/mol. The summed E-state index contributed by atoms with van der Waals surface area (Å²) in [5, 5.41) is 0. The van der Waals surface area contributed by atoms with Crippen molar-refractivity contribution in [2.75, 3.05) is 42.5 Å². The van der Waals surface area contributed by atoms with Crippen LogP contribution in [0.15, 0.2) is 103 Å². The van der Waals surface area contributed by atoms with E-state index in [1.807, 2.05) is 30.3 Å². The predicted molar refractivity (Wildman–Crippen MR) is 177 cm³/mol. The lowest BCUT2D eigenvalue weighted by Crippen LogP contribution is -2.65. The third kappa shape index (κ3) is 7.82. The molecule has 0 aliphatic carbocycles. The van der Waals surface area contributed by atoms with Crippen LogP contribution < -0.4 is 9.80 Å². The summed E-state index contributed by atoms with van der Waals surface area (Å²) in [7, 11) is 0. The lowest BCUT2D eigenvalue weighted by atomic mass is 9.83. The maximum atomic E-state index is 14.9. The van der Waals surface area contributed by atoms with Gasteiger partial charge in [-0.2, -0.15) is 0 Å². The standard InChI is InChI=1S/C38H39F3N3O4/c39-31-17-15-28(16-18-31)25-43(35-14-7-5-12-33(35)41)38(46)48-36-26-44(23-19-30(36)20-24-44)22-8-21-42(34-13-6-4-11-32(34)40)37(45)47-27-29-9-2-1-3-10-29/h1-7,9-18,30,36H,8,19-27H2/q+1/t30?,36-,44?/m0/s1. The zero-order valence-corrected chi connectivity index (χ0v) is 26.6. The second kappa shape index (κ2) is 14.9. The minimum Gasteiger partial charge on any atom is -0.444 e. The molecule has 0 radical (unpaired) electrons. The highest BCUT2D eigenvalue weighted by Crippen LogP contribution is 2.37. The van der Waals surface area contributed by atoms with E-state index in [0.717, 1.165) is 31.5 Å². The number of amides is 2. The Morgan fingerprint density at radius 3 is 1.96 bits per heavy atom. The number of rotatable bonds is 11. The quantitative estimate of drug-likeness (QED) is 0.153. The molecule has 0 saturated carbocycles. The fourth-order valence-corrected chi connectivity index (χ4v) is 6.90. The Balaban J connectivity index is 1.12. The molecule has 2 bridgehead atoms. The van der Waals surface area contributed by atoms with Crippen LogP contribution in [-0.2, 0) is 22.6 Å². The van der Waals surface area contributed by atoms with Crippen molar-refractivity contribution in [3.63, 3.8) is 0 Å². The summed E-state index contributed by atoms with van der Waals surface area (Å²) in [6.45, 7) is 3.45. The Morgan fingerprint density at radius 1 is 0.708 bits per heavy atom. The van der Waals surface area contributed by atoms with Crippen LogP contribution in [0.5, 0.6) is 0 Å². The fourth-order valence-electron chi connectivity index (χ4n) is 6.90. The molecule has 7 rings (SSSR count). The predicted octanol–water partition coefficient (Wildman–Crippen LogP) is 8.09. The van der Waals surface area contributed by atoms with E-state index in [4.69, 9.17) is 9.47 Å². The molecule has 3 aliphatic heterocycles. The van der Waals surface area contributed by atoms with Gasteiger partial charge < -0.3 is 14.0 Å². The van der Waals surface area contributed by atoms with E-state index in [2.05, 4.69) is 0 Å². The van der Waals surface area contributed by atoms with E-state index in [-0.39, 0.29) is 43.1 Å². The summed E-state index contributed by atoms with van der Waals surface area (Å²) in [6.07, 6.45) is 0.653. The van der Waals surface area contributed by atoms with E-state index in [0.29, 0.717) is 29.6 Å². The van der Waals surface area contributed by atoms with Gasteiger partial charge in [-0.15, -0.1) is 0 Å². The van der Waals surface area contributed by atoms with Gasteiger partial charge in [0.25, 0.3) is 0 Å². The number of anilines is 2. The second-order valence-electron chi connectivity index (χ2n) is 12.6. The third-order valence-electron chi connectivity index (χ3n) is 9.49. The number of fused-ring (bicyclic) bond motifs is 3. The molecule has 48 heavy (non-hydrogen) atoms. The van der Waals surface area contributed by atoms with Gasteiger partial charge in [-0.25, -0.2) is 22.8 Å². The average molecular weight is 659 g/mol. The Morgan fingerprint density at radius 2 is 1.31 bits per heavy atom. The van der Waals surface area contributed by atoms with Crippen LogP contribution in [0.1, 0.15) is 30.4 Å². The fraction of sp³-hybridized carbons (Fsp3) is 0.316. The molecule has 0 N–H and O–H groups in total. The van der Waals surface area contributed by atoms with Crippen LogP contribution in [0.2, 0.25) is 0 Å². The second-order valence-corrected chi connectivity index (χ2v) is 12.6. The summed E-state index contributed by atoms with van der Waals surface area (Å²) in [5.74, 6) is -1.28. The summed E-state index contributed by atoms with van der Waals surface area (Å²) < 4.78 is 55.8. The minimum atomic E-state index is -0.659. The largest absolute Gasteiger partial charge is 0.444 e. The molecule has 3 saturated heterocycles. The van der Waals surface area contributed by atoms with Gasteiger partial charge in [0.05, 0.1) is 37.6 Å². The lowest BCUT2D eigenvalue weighted by Gasteiger charge is -2.52. The molecule has 0 aromatic heterocycles. The van der Waals surface area contributed by atoms with E-state index in [1.165, 1.54) is 40.1 Å². The van der Waals surface area contributed by atoms with Crippen LogP contribution >= 0.6 is 0 Å². The van der Waals surface area contributed by atoms with Gasteiger partial charge >= 0.3 is 12.2 Å². The number of piperidine rings is 3. The topological polar surface area (TPSA) is 59.1 Å². The Bertz CT molecular complexity index is 1700. The highest BCUT2D eigenvalue weighted by atomic mass is 19.1. The van der Waals surface area contributed by atoms with Crippen molar-refractivity contribution in [1.29, 1.82) is 0 Å². The van der Waals surface area contributed by atoms with Crippen molar-refractivity contribution in [2.45, 2.75) is 38.5 Å². The van der Waals surface area contributed by atoms with Crippen LogP contribution in [0, 0.1) is 23.4 Å². The van der Waals surface area contributed by atoms with Gasteiger partial charge in [-0.1, -0.05) is 66.7 Å². The Hall–Kier alpha value is -4.83. The van der Waals surface area contributed by atoms with Gasteiger partial charge in [0.1, 0.15) is 30.6 Å². The zero-order valence-electron chi connectivity index (χ0n) is 26.6. The van der Waals surface area contributed by atoms with Gasteiger partial charge in [0, 0.05) is 31.7 Å². The molecule has 4 aromatic carbocycles. The molecule has 250 valence electrons. The first kappa shape index (κ1) is 33.1. The number of hydrogen-bond acceptors (Lipinski definition) is 4. The van der Waals surface area contributed by atoms with Crippen LogP contribution in [0.3, 0.4) is 0 Å². The zero-order chi connectivity index (χ0) is 33.5. The number of carbonyl (C=O) groups is 2. The molecule has 1 atom stereocenters. The van der Waals surface area contributed by atoms with Gasteiger partial charge in [0.15, 0.2) is 6.10 Å². The first-order valence-electron chi connectivity index (χ1n) is 16.4. The molecular formula is C38H39F3N3O4+. The van der Waals surface area contributed by atoms with Crippen molar-refractivity contribution in [3.8, 4) is 0 Å². The Kier molecular flexibility index (Phi) is 10.3. The summed E-state index contributed by atoms with van der Waals surface area (Å²) in [6, 6.07) is 27.2. The summed E-state index contributed by atoms with van der Waals surface area (Å²) in [5.41, 5.74) is 1.72. The van der Waals surface area contributed by atoms with Crippen molar-refractivity contribution < 1.29 is 36.7 Å². The number of halogens is 3. The first-order valence-corrected chi connectivity index (χ1v) is 16.4. The van der Waals surface area contributed by atoms with Crippen LogP contribution in [0.25, 0.3) is 0 Å². The number of para-hydroxylation sites is 2. The molecule has 10 heteroatoms. The number of benzene rings is 4. The molecule has 3 aliphatic rings. The summed E-state index contributed by atoms with van der Waals surface area (Å²) >= 11 is 0. The van der Waals surface area contributed by atoms with E-state index in [9.17, 15) is 22.8 Å². The third-order valence-corrected chi connectivity index (χ3v) is 9.49. The molecule has 3 heterocycles. The SMILES string of the molecule is O=C(OCc1ccccc1)N(CCC[N+]12CCC(CC1)[C@@H](OC(=O)N(Cc1ccc(F)cc1)c1ccccc1F)C2)c1ccccc1F. The summed E-state index contributed by atoms with van der Waals surface area (Å²) in [4.78, 5) is 29.6. The maximum Gasteiger partial charge on any atom is 0.415 e. The molecule has 7 nitrogen and oxygen atoms in total. The first-order chi connectivity index (χ1) is 23.3. The number of carbonyl (C=O) groups excluding carboxylic acids is 2. The molecule has 0 spiro atoms. The van der Waals surface area contributed by atoms with Crippen molar-refractivity contribution >= 4 is 23.6 Å². The molecule has 3 fully saturated rings. The smallest absolute Gasteiger partial charge is 0.415 e. The maximum absolute atomic E-state index is 14.9. The molecule has 0 unspecified atom stereocenters. The molecular weight excluding hydrogens is 619 g/mol. The number of ether oxygens (including phenoxy) is 2. The molecule has 2 amide bonds. The van der Waals surface area contributed by atoms with E-state index >= 15 is 0 Å². The lowest BCUT2D eigenvalue weighted by molar-refractivity contribution is -0.946. The van der Waals surface area contributed by atoms with Gasteiger partial charge in [-0.05, 0) is 47.5 Å². The molecule has 4 aromatic rings. The minimum absolute atomic E-state index is 0.0175. The van der Waals surface area contributed by atoms with Crippen LogP contribution in [-0.4, -0.2) is 55.5 Å². The van der Waals surface area contributed by atoms with Crippen LogP contribution in [0.4, 0.5) is 34.1 Å². The highest BCUT2D eigenvalue weighted by molar-refractivity contribution is 5.88. The number of quaternary nitrogens is 1. The normalized spacial score (nSPS) is 19.8. The number of hydrogen-bond donors (Lipinski definition) is 0. The van der Waals surface area contributed by atoms with E-state index < -0.39 is 29.6 Å². The van der Waals surface area contributed by atoms with Crippen molar-refractivity contribution in [1.82, 2.24) is 0 Å². The van der Waals surface area contributed by atoms with Crippen molar-refractivity contribution in [3.05, 3.63) is 132 Å². The Labute approximate surface area is 278 Å². The highest BCUT2D eigenvalue weighted by Gasteiger charge is 2.48. The van der Waals surface area contributed by atoms with Gasteiger partial charge in [-0.3, -0.25) is 9.80 Å².